The van der Waals surface area contributed by atoms with Gasteiger partial charge in [0.05, 0.1) is 53.0 Å². The van der Waals surface area contributed by atoms with Gasteiger partial charge in [-0.1, -0.05) is 6.07 Å². The van der Waals surface area contributed by atoms with Gasteiger partial charge in [-0.15, -0.1) is 0 Å². The number of aliphatic hydroxyl groups is 1. The maximum atomic E-state index is 14.5. The number of anilines is 1. The third-order valence-electron chi connectivity index (χ3n) is 6.85. The molecule has 1 aliphatic rings. The van der Waals surface area contributed by atoms with Crippen molar-refractivity contribution in [3.8, 4) is 11.4 Å². The first-order chi connectivity index (χ1) is 18.7. The molecule has 0 spiro atoms. The number of amides is 1. The van der Waals surface area contributed by atoms with Crippen LogP contribution in [0.1, 0.15) is 54.1 Å². The number of nitrogens with one attached hydrogen (secondary N) is 1. The second-order valence-electron chi connectivity index (χ2n) is 10.2. The molecule has 3 aromatic heterocycles. The maximum Gasteiger partial charge on any atom is 0.254 e. The molecular formula is C30H32FN5O3. The highest BCUT2D eigenvalue weighted by Crippen LogP contribution is 2.25. The molecule has 0 unspecified atom stereocenters. The number of carbonyl (C=O) groups excluding carboxylic acids is 1. The molecule has 0 radical (unpaired) electrons. The van der Waals surface area contributed by atoms with Gasteiger partial charge in [-0.3, -0.25) is 9.78 Å². The summed E-state index contributed by atoms with van der Waals surface area (Å²) in [6, 6.07) is 14.2. The number of fused-ring (bicyclic) bond motifs is 1. The second kappa shape index (κ2) is 11.0. The van der Waals surface area contributed by atoms with E-state index in [-0.39, 0.29) is 24.3 Å². The van der Waals surface area contributed by atoms with Gasteiger partial charge >= 0.3 is 0 Å². The minimum Gasteiger partial charge on any atom is -0.389 e. The molecule has 4 heterocycles. The Morgan fingerprint density at radius 2 is 1.87 bits per heavy atom. The van der Waals surface area contributed by atoms with Crippen molar-refractivity contribution >= 4 is 22.6 Å². The molecule has 9 heteroatoms. The lowest BCUT2D eigenvalue weighted by Gasteiger charge is -2.36. The molecule has 0 bridgehead atoms. The van der Waals surface area contributed by atoms with Crippen LogP contribution in [0.5, 0.6) is 0 Å². The quantitative estimate of drug-likeness (QED) is 0.372. The number of aryl methyl sites for hydroxylation is 1. The Labute approximate surface area is 226 Å². The van der Waals surface area contributed by atoms with Gasteiger partial charge in [0, 0.05) is 24.7 Å². The summed E-state index contributed by atoms with van der Waals surface area (Å²) in [5.41, 5.74) is 3.77. The molecule has 1 aromatic carbocycles. The first-order valence-electron chi connectivity index (χ1n) is 13.1. The number of aromatic nitrogens is 3. The van der Waals surface area contributed by atoms with Crippen LogP contribution >= 0.6 is 0 Å². The van der Waals surface area contributed by atoms with Crippen molar-refractivity contribution in [1.82, 2.24) is 20.3 Å². The minimum absolute atomic E-state index is 0.0964. The molecule has 5 rings (SSSR count). The number of carbonyl (C=O) groups is 1. The third-order valence-corrected chi connectivity index (χ3v) is 6.85. The van der Waals surface area contributed by atoms with Crippen LogP contribution in [0.4, 0.5) is 10.2 Å². The van der Waals surface area contributed by atoms with E-state index in [0.29, 0.717) is 22.3 Å². The summed E-state index contributed by atoms with van der Waals surface area (Å²) in [6.45, 7) is 9.06. The van der Waals surface area contributed by atoms with Crippen LogP contribution in [0.15, 0.2) is 54.7 Å². The standard InChI is InChI=1S/C30H32FN5O3/c1-17-10-25(31)24(12-23(17)20(4)37)30(38)33-14-22-11-28-21(13-32-22)8-9-27(34-28)26-6-5-7-29(35-26)36-15-18(2)39-19(3)16-36/h5-13,18-20,37H,14-16H2,1-4H3,(H,33,38)/t18-,19+,20-/m0/s1. The number of nitrogens with zero attached hydrogens (tertiary/aromatic N) is 4. The molecule has 2 N–H and O–H groups in total. The van der Waals surface area contributed by atoms with Gasteiger partial charge in [0.2, 0.25) is 0 Å². The maximum absolute atomic E-state index is 14.5. The highest BCUT2D eigenvalue weighted by atomic mass is 19.1. The van der Waals surface area contributed by atoms with E-state index in [4.69, 9.17) is 14.7 Å². The number of hydrogen-bond acceptors (Lipinski definition) is 7. The number of rotatable bonds is 6. The molecule has 1 fully saturated rings. The normalized spacial score (nSPS) is 18.3. The fraction of sp³-hybridized carbons (Fsp3) is 0.333. The summed E-state index contributed by atoms with van der Waals surface area (Å²) in [4.78, 5) is 29.1. The molecule has 1 amide bonds. The van der Waals surface area contributed by atoms with E-state index in [9.17, 15) is 14.3 Å². The van der Waals surface area contributed by atoms with Gasteiger partial charge in [0.15, 0.2) is 0 Å². The van der Waals surface area contributed by atoms with Gasteiger partial charge in [-0.2, -0.15) is 0 Å². The van der Waals surface area contributed by atoms with Gasteiger partial charge < -0.3 is 20.1 Å². The monoisotopic (exact) mass is 529 g/mol. The van der Waals surface area contributed by atoms with Crippen LogP contribution in [0, 0.1) is 12.7 Å². The van der Waals surface area contributed by atoms with E-state index in [0.717, 1.165) is 35.7 Å². The summed E-state index contributed by atoms with van der Waals surface area (Å²) in [5.74, 6) is -0.328. The first-order valence-corrected chi connectivity index (χ1v) is 13.1. The number of aliphatic hydroxyl groups excluding tert-OH is 1. The molecule has 1 saturated heterocycles. The Kier molecular flexibility index (Phi) is 7.54. The number of ether oxygens (including phenoxy) is 1. The molecule has 8 nitrogen and oxygen atoms in total. The van der Waals surface area contributed by atoms with Crippen LogP contribution in [0.25, 0.3) is 22.3 Å². The van der Waals surface area contributed by atoms with Gasteiger partial charge in [0.25, 0.3) is 5.91 Å². The van der Waals surface area contributed by atoms with E-state index in [1.54, 1.807) is 26.1 Å². The molecule has 3 atom stereocenters. The number of pyridine rings is 3. The minimum atomic E-state index is -0.809. The SMILES string of the molecule is Cc1cc(F)c(C(=O)NCc2cc3nc(-c4cccc(N5C[C@@H](C)O[C@@H](C)C5)n4)ccc3cn2)cc1[C@H](C)O. The summed E-state index contributed by atoms with van der Waals surface area (Å²) in [6.07, 6.45) is 1.15. The third kappa shape index (κ3) is 5.89. The average molecular weight is 530 g/mol. The molecule has 1 aliphatic heterocycles. The lowest BCUT2D eigenvalue weighted by atomic mass is 10.00. The largest absolute Gasteiger partial charge is 0.389 e. The zero-order valence-electron chi connectivity index (χ0n) is 22.5. The molecule has 0 saturated carbocycles. The number of morpholine rings is 1. The Morgan fingerprint density at radius 1 is 1.13 bits per heavy atom. The van der Waals surface area contributed by atoms with E-state index in [2.05, 4.69) is 29.0 Å². The van der Waals surface area contributed by atoms with Crippen molar-refractivity contribution in [2.24, 2.45) is 0 Å². The Hall–Kier alpha value is -3.95. The van der Waals surface area contributed by atoms with E-state index >= 15 is 0 Å². The molecule has 0 aliphatic carbocycles. The number of halogens is 1. The predicted molar refractivity (Wildman–Crippen MR) is 148 cm³/mol. The summed E-state index contributed by atoms with van der Waals surface area (Å²) >= 11 is 0. The van der Waals surface area contributed by atoms with Crippen LogP contribution < -0.4 is 10.2 Å². The fourth-order valence-electron chi connectivity index (χ4n) is 4.98. The van der Waals surface area contributed by atoms with Crippen molar-refractivity contribution in [3.63, 3.8) is 0 Å². The number of benzene rings is 1. The summed E-state index contributed by atoms with van der Waals surface area (Å²) < 4.78 is 20.3. The first kappa shape index (κ1) is 26.6. The molecular weight excluding hydrogens is 497 g/mol. The van der Waals surface area contributed by atoms with E-state index in [1.165, 1.54) is 12.1 Å². The van der Waals surface area contributed by atoms with Crippen LogP contribution in [-0.4, -0.2) is 51.3 Å². The smallest absolute Gasteiger partial charge is 0.254 e. The van der Waals surface area contributed by atoms with E-state index in [1.807, 2.05) is 30.3 Å². The van der Waals surface area contributed by atoms with Crippen molar-refractivity contribution in [2.45, 2.75) is 52.6 Å². The predicted octanol–water partition coefficient (Wildman–Crippen LogP) is 4.74. The lowest BCUT2D eigenvalue weighted by molar-refractivity contribution is -0.00545. The fourth-order valence-corrected chi connectivity index (χ4v) is 4.98. The molecule has 39 heavy (non-hydrogen) atoms. The second-order valence-corrected chi connectivity index (χ2v) is 10.2. The van der Waals surface area contributed by atoms with Crippen molar-refractivity contribution < 1.29 is 19.0 Å². The van der Waals surface area contributed by atoms with Crippen molar-refractivity contribution in [2.75, 3.05) is 18.0 Å². The zero-order valence-corrected chi connectivity index (χ0v) is 22.5. The van der Waals surface area contributed by atoms with Gasteiger partial charge in [-0.05, 0) is 81.3 Å². The summed E-state index contributed by atoms with van der Waals surface area (Å²) in [5, 5.41) is 13.5. The van der Waals surface area contributed by atoms with Crippen molar-refractivity contribution in [1.29, 1.82) is 0 Å². The van der Waals surface area contributed by atoms with Gasteiger partial charge in [0.1, 0.15) is 11.6 Å². The topological polar surface area (TPSA) is 100 Å². The average Bonchev–Trinajstić information content (AvgIpc) is 2.90. The van der Waals surface area contributed by atoms with Crippen LogP contribution in [0.2, 0.25) is 0 Å². The van der Waals surface area contributed by atoms with Gasteiger partial charge in [-0.25, -0.2) is 14.4 Å². The lowest BCUT2D eigenvalue weighted by Crippen LogP contribution is -2.45. The highest BCUT2D eigenvalue weighted by molar-refractivity contribution is 5.94. The van der Waals surface area contributed by atoms with Crippen LogP contribution in [-0.2, 0) is 11.3 Å². The zero-order chi connectivity index (χ0) is 27.7. The van der Waals surface area contributed by atoms with Crippen LogP contribution in [0.3, 0.4) is 0 Å². The van der Waals surface area contributed by atoms with E-state index < -0.39 is 17.8 Å². The molecule has 4 aromatic rings. The molecule has 202 valence electrons. The summed E-state index contributed by atoms with van der Waals surface area (Å²) in [7, 11) is 0. The Balaban J connectivity index is 1.35. The Morgan fingerprint density at radius 3 is 2.62 bits per heavy atom. The number of hydrogen-bond donors (Lipinski definition) is 2. The van der Waals surface area contributed by atoms with Crippen molar-refractivity contribution in [3.05, 3.63) is 82.9 Å². The highest BCUT2D eigenvalue weighted by Gasteiger charge is 2.23. The Bertz CT molecular complexity index is 1520.